The van der Waals surface area contributed by atoms with Crippen LogP contribution >= 0.6 is 0 Å². The molecule has 0 aliphatic carbocycles. The van der Waals surface area contributed by atoms with E-state index in [1.807, 2.05) is 0 Å². The van der Waals surface area contributed by atoms with Crippen LogP contribution in [0, 0.1) is 5.41 Å². The molecule has 7 N–H and O–H groups in total. The Kier molecular flexibility index (Phi) is 4.40. The van der Waals surface area contributed by atoms with Crippen LogP contribution in [0.25, 0.3) is 0 Å². The van der Waals surface area contributed by atoms with Crippen molar-refractivity contribution in [2.24, 2.45) is 5.73 Å². The number of hydrogen-bond acceptors (Lipinski definition) is 4. The molecule has 0 saturated heterocycles. The van der Waals surface area contributed by atoms with E-state index in [9.17, 15) is 8.42 Å². The van der Waals surface area contributed by atoms with Gasteiger partial charge in [0.15, 0.2) is 0 Å². The van der Waals surface area contributed by atoms with E-state index in [0.29, 0.717) is 11.1 Å². The maximum Gasteiger partial charge on any atom is 0.269 e. The zero-order chi connectivity index (χ0) is 10.8. The molecular formula is C8H13N3O3S. The molecule has 1 rings (SSSR count). The number of nitrogens with one attached hydrogen (secondary N) is 1. The first-order valence-electron chi connectivity index (χ1n) is 3.77. The zero-order valence-electron chi connectivity index (χ0n) is 7.97. The van der Waals surface area contributed by atoms with Gasteiger partial charge in [-0.25, -0.2) is 0 Å². The third-order valence-corrected chi connectivity index (χ3v) is 2.31. The van der Waals surface area contributed by atoms with Crippen LogP contribution in [0.5, 0.6) is 0 Å². The summed E-state index contributed by atoms with van der Waals surface area (Å²) in [5.74, 6) is -0.506. The standard InChI is InChI=1S/C8H10N2O3S.H3N/c9-8(10)7-3-1-6(2-4-7)5-14(11,12)13;/h1-4H,5H2,(H3,9,10)(H,11,12,13);1H3. The van der Waals surface area contributed by atoms with E-state index >= 15 is 0 Å². The predicted molar refractivity (Wildman–Crippen MR) is 57.7 cm³/mol. The molecule has 84 valence electrons. The third-order valence-electron chi connectivity index (χ3n) is 1.61. The minimum atomic E-state index is -4.00. The molecule has 0 bridgehead atoms. The van der Waals surface area contributed by atoms with Gasteiger partial charge in [-0.05, 0) is 5.56 Å². The SMILES string of the molecule is N.N=C(N)c1ccc(CS(=O)(=O)O)cc1. The summed E-state index contributed by atoms with van der Waals surface area (Å²) in [5.41, 5.74) is 6.18. The van der Waals surface area contributed by atoms with Crippen molar-refractivity contribution in [2.45, 2.75) is 5.75 Å². The van der Waals surface area contributed by atoms with Crippen LogP contribution in [-0.4, -0.2) is 18.8 Å². The van der Waals surface area contributed by atoms with Crippen LogP contribution in [0.2, 0.25) is 0 Å². The molecule has 0 unspecified atom stereocenters. The summed E-state index contributed by atoms with van der Waals surface area (Å²) in [6.45, 7) is 0. The smallest absolute Gasteiger partial charge is 0.269 e. The van der Waals surface area contributed by atoms with Crippen LogP contribution in [-0.2, 0) is 15.9 Å². The molecule has 0 amide bonds. The maximum absolute atomic E-state index is 10.5. The number of amidine groups is 1. The molecule has 7 heteroatoms. The Morgan fingerprint density at radius 1 is 1.33 bits per heavy atom. The van der Waals surface area contributed by atoms with Gasteiger partial charge < -0.3 is 11.9 Å². The van der Waals surface area contributed by atoms with E-state index in [-0.39, 0.29) is 12.0 Å². The molecule has 15 heavy (non-hydrogen) atoms. The van der Waals surface area contributed by atoms with E-state index in [1.165, 1.54) is 24.3 Å². The largest absolute Gasteiger partial charge is 0.384 e. The lowest BCUT2D eigenvalue weighted by molar-refractivity contribution is 0.482. The average Bonchev–Trinajstić information content (AvgIpc) is 2.02. The van der Waals surface area contributed by atoms with E-state index in [1.54, 1.807) is 0 Å². The quantitative estimate of drug-likeness (QED) is 0.341. The highest BCUT2D eigenvalue weighted by molar-refractivity contribution is 7.85. The molecule has 1 aromatic carbocycles. The molecule has 0 aliphatic heterocycles. The van der Waals surface area contributed by atoms with Gasteiger partial charge in [-0.2, -0.15) is 8.42 Å². The fourth-order valence-electron chi connectivity index (χ4n) is 0.991. The lowest BCUT2D eigenvalue weighted by Crippen LogP contribution is -2.11. The molecule has 1 aromatic rings. The molecule has 0 aliphatic rings. The Hall–Kier alpha value is -1.44. The van der Waals surface area contributed by atoms with E-state index < -0.39 is 15.9 Å². The number of benzene rings is 1. The Morgan fingerprint density at radius 2 is 1.80 bits per heavy atom. The highest BCUT2D eigenvalue weighted by Crippen LogP contribution is 2.06. The van der Waals surface area contributed by atoms with Gasteiger partial charge in [0.1, 0.15) is 11.6 Å². The lowest BCUT2D eigenvalue weighted by Gasteiger charge is -2.00. The average molecular weight is 231 g/mol. The van der Waals surface area contributed by atoms with Crippen LogP contribution in [0.4, 0.5) is 0 Å². The fraction of sp³-hybridized carbons (Fsp3) is 0.125. The highest BCUT2D eigenvalue weighted by atomic mass is 32.2. The Bertz CT molecular complexity index is 439. The van der Waals surface area contributed by atoms with Crippen LogP contribution in [0.1, 0.15) is 11.1 Å². The minimum Gasteiger partial charge on any atom is -0.384 e. The van der Waals surface area contributed by atoms with Crippen LogP contribution in [0.3, 0.4) is 0 Å². The van der Waals surface area contributed by atoms with Crippen molar-refractivity contribution < 1.29 is 13.0 Å². The lowest BCUT2D eigenvalue weighted by atomic mass is 10.1. The van der Waals surface area contributed by atoms with Crippen molar-refractivity contribution in [1.29, 1.82) is 5.41 Å². The second kappa shape index (κ2) is 4.87. The zero-order valence-corrected chi connectivity index (χ0v) is 8.79. The Morgan fingerprint density at radius 3 is 2.13 bits per heavy atom. The van der Waals surface area contributed by atoms with Crippen molar-refractivity contribution in [3.63, 3.8) is 0 Å². The molecule has 0 radical (unpaired) electrons. The summed E-state index contributed by atoms with van der Waals surface area (Å²) in [5, 5.41) is 7.10. The fourth-order valence-corrected chi connectivity index (χ4v) is 1.60. The number of hydrogen-bond donors (Lipinski definition) is 4. The summed E-state index contributed by atoms with van der Waals surface area (Å²) in [6, 6.07) is 6.07. The third kappa shape index (κ3) is 4.54. The van der Waals surface area contributed by atoms with Crippen molar-refractivity contribution >= 4 is 16.0 Å². The molecule has 0 spiro atoms. The number of nitrogen functional groups attached to an aromatic ring is 1. The number of rotatable bonds is 3. The highest BCUT2D eigenvalue weighted by Gasteiger charge is 2.06. The molecule has 6 nitrogen and oxygen atoms in total. The predicted octanol–water partition coefficient (Wildman–Crippen LogP) is 0.520. The number of nitrogens with two attached hydrogens (primary N) is 1. The van der Waals surface area contributed by atoms with Crippen molar-refractivity contribution in [3.05, 3.63) is 35.4 Å². The van der Waals surface area contributed by atoms with Crippen molar-refractivity contribution in [2.75, 3.05) is 0 Å². The topological polar surface area (TPSA) is 139 Å². The van der Waals surface area contributed by atoms with Gasteiger partial charge in [0.25, 0.3) is 10.1 Å². The van der Waals surface area contributed by atoms with Gasteiger partial charge in [-0.1, -0.05) is 24.3 Å². The monoisotopic (exact) mass is 231 g/mol. The van der Waals surface area contributed by atoms with Crippen LogP contribution < -0.4 is 11.9 Å². The maximum atomic E-state index is 10.5. The summed E-state index contributed by atoms with van der Waals surface area (Å²) >= 11 is 0. The van der Waals surface area contributed by atoms with Crippen molar-refractivity contribution in [3.8, 4) is 0 Å². The molecule has 0 fully saturated rings. The summed E-state index contributed by atoms with van der Waals surface area (Å²) in [7, 11) is -4.00. The van der Waals surface area contributed by atoms with E-state index in [2.05, 4.69) is 0 Å². The van der Waals surface area contributed by atoms with Gasteiger partial charge in [0.2, 0.25) is 0 Å². The second-order valence-electron chi connectivity index (χ2n) is 2.84. The summed E-state index contributed by atoms with van der Waals surface area (Å²) in [4.78, 5) is 0. The van der Waals surface area contributed by atoms with Gasteiger partial charge in [0.05, 0.1) is 0 Å². The normalized spacial score (nSPS) is 10.5. The minimum absolute atomic E-state index is 0. The Balaban J connectivity index is 0.00000196. The van der Waals surface area contributed by atoms with Gasteiger partial charge in [-0.15, -0.1) is 0 Å². The molecule has 0 saturated carbocycles. The molecule has 0 aromatic heterocycles. The van der Waals surface area contributed by atoms with Crippen molar-refractivity contribution in [1.82, 2.24) is 6.15 Å². The van der Waals surface area contributed by atoms with Gasteiger partial charge in [0, 0.05) is 5.56 Å². The van der Waals surface area contributed by atoms with E-state index in [0.717, 1.165) is 0 Å². The Labute approximate surface area is 88.0 Å². The molecule has 0 heterocycles. The molecular weight excluding hydrogens is 218 g/mol. The second-order valence-corrected chi connectivity index (χ2v) is 4.29. The van der Waals surface area contributed by atoms with Crippen LogP contribution in [0.15, 0.2) is 24.3 Å². The first-order valence-corrected chi connectivity index (χ1v) is 5.38. The first kappa shape index (κ1) is 13.6. The van der Waals surface area contributed by atoms with Gasteiger partial charge >= 0.3 is 0 Å². The van der Waals surface area contributed by atoms with Gasteiger partial charge in [-0.3, -0.25) is 9.96 Å². The van der Waals surface area contributed by atoms with E-state index in [4.69, 9.17) is 15.7 Å². The summed E-state index contributed by atoms with van der Waals surface area (Å²) in [6.07, 6.45) is 0. The first-order chi connectivity index (χ1) is 6.38. The summed E-state index contributed by atoms with van der Waals surface area (Å²) < 4.78 is 29.6. The molecule has 0 atom stereocenters.